The average Bonchev–Trinajstić information content (AvgIpc) is 2.77. The van der Waals surface area contributed by atoms with Crippen LogP contribution in [0.15, 0.2) is 42.1 Å². The van der Waals surface area contributed by atoms with Crippen molar-refractivity contribution >= 4 is 16.9 Å². The minimum Gasteiger partial charge on any atom is -0.390 e. The Morgan fingerprint density at radius 3 is 2.89 bits per heavy atom. The standard InChI is InChI=1S/C13H18N2O2S/c1-3-5-9(4-2)14-13-15-7-6-11(16)12(17)10(15)8-18-13/h3-5,10-12,16-17H,1-2,6-8H2/b9-5+,14-13?. The van der Waals surface area contributed by atoms with E-state index in [4.69, 9.17) is 0 Å². The lowest BCUT2D eigenvalue weighted by Crippen LogP contribution is -2.53. The Labute approximate surface area is 111 Å². The highest BCUT2D eigenvalue weighted by molar-refractivity contribution is 8.14. The lowest BCUT2D eigenvalue weighted by molar-refractivity contribution is -0.0470. The van der Waals surface area contributed by atoms with Gasteiger partial charge in [-0.2, -0.15) is 0 Å². The molecule has 0 aromatic heterocycles. The summed E-state index contributed by atoms with van der Waals surface area (Å²) >= 11 is 1.60. The second-order valence-electron chi connectivity index (χ2n) is 4.34. The molecule has 0 spiro atoms. The van der Waals surface area contributed by atoms with E-state index in [-0.39, 0.29) is 6.04 Å². The molecule has 2 N–H and O–H groups in total. The molecule has 5 heteroatoms. The van der Waals surface area contributed by atoms with Crippen molar-refractivity contribution in [3.63, 3.8) is 0 Å². The molecule has 18 heavy (non-hydrogen) atoms. The molecule has 2 rings (SSSR count). The Morgan fingerprint density at radius 1 is 1.44 bits per heavy atom. The van der Waals surface area contributed by atoms with E-state index in [0.717, 1.165) is 23.2 Å². The van der Waals surface area contributed by atoms with Crippen molar-refractivity contribution in [2.75, 3.05) is 12.3 Å². The number of allylic oxidation sites excluding steroid dienone is 3. The molecular formula is C13H18N2O2S. The van der Waals surface area contributed by atoms with Crippen LogP contribution in [0.4, 0.5) is 0 Å². The summed E-state index contributed by atoms with van der Waals surface area (Å²) in [7, 11) is 0. The Bertz CT molecular complexity index is 406. The van der Waals surface area contributed by atoms with Crippen molar-refractivity contribution in [3.05, 3.63) is 37.1 Å². The molecular weight excluding hydrogens is 248 g/mol. The monoisotopic (exact) mass is 266 g/mol. The lowest BCUT2D eigenvalue weighted by atomic mass is 9.98. The largest absolute Gasteiger partial charge is 0.390 e. The second-order valence-corrected chi connectivity index (χ2v) is 5.33. The smallest absolute Gasteiger partial charge is 0.164 e. The maximum atomic E-state index is 9.95. The normalized spacial score (nSPS) is 34.6. The van der Waals surface area contributed by atoms with Crippen molar-refractivity contribution in [2.45, 2.75) is 24.7 Å². The summed E-state index contributed by atoms with van der Waals surface area (Å²) in [5, 5.41) is 20.5. The fraction of sp³-hybridized carbons (Fsp3) is 0.462. The van der Waals surface area contributed by atoms with E-state index in [1.807, 2.05) is 0 Å². The summed E-state index contributed by atoms with van der Waals surface area (Å²) in [6.45, 7) is 8.08. The fourth-order valence-electron chi connectivity index (χ4n) is 2.20. The minimum absolute atomic E-state index is 0.0349. The topological polar surface area (TPSA) is 56.1 Å². The zero-order valence-corrected chi connectivity index (χ0v) is 11.0. The molecule has 0 radical (unpaired) electrons. The molecule has 2 fully saturated rings. The molecule has 2 aliphatic heterocycles. The van der Waals surface area contributed by atoms with Crippen molar-refractivity contribution < 1.29 is 10.2 Å². The summed E-state index contributed by atoms with van der Waals surface area (Å²) < 4.78 is 0. The van der Waals surface area contributed by atoms with Gasteiger partial charge in [0, 0.05) is 12.3 Å². The Kier molecular flexibility index (Phi) is 4.27. The number of hydrogen-bond donors (Lipinski definition) is 2. The molecule has 0 aromatic carbocycles. The first-order valence-corrected chi connectivity index (χ1v) is 6.95. The predicted octanol–water partition coefficient (Wildman–Crippen LogP) is 1.14. The Balaban J connectivity index is 2.18. The van der Waals surface area contributed by atoms with Crippen LogP contribution in [0.2, 0.25) is 0 Å². The van der Waals surface area contributed by atoms with Gasteiger partial charge in [0.15, 0.2) is 5.17 Å². The number of piperidine rings is 1. The van der Waals surface area contributed by atoms with Crippen molar-refractivity contribution in [1.29, 1.82) is 0 Å². The van der Waals surface area contributed by atoms with Gasteiger partial charge in [0.2, 0.25) is 0 Å². The van der Waals surface area contributed by atoms with Crippen LogP contribution in [0.25, 0.3) is 0 Å². The van der Waals surface area contributed by atoms with Crippen LogP contribution >= 0.6 is 11.8 Å². The molecule has 2 saturated heterocycles. The highest BCUT2D eigenvalue weighted by Crippen LogP contribution is 2.32. The maximum absolute atomic E-state index is 9.95. The number of aliphatic hydroxyl groups is 2. The Hall–Kier alpha value is -1.04. The van der Waals surface area contributed by atoms with Crippen LogP contribution in [0, 0.1) is 0 Å². The van der Waals surface area contributed by atoms with Gasteiger partial charge in [-0.05, 0) is 18.6 Å². The molecule has 2 heterocycles. The summed E-state index contributed by atoms with van der Waals surface area (Å²) in [5.41, 5.74) is 0.758. The summed E-state index contributed by atoms with van der Waals surface area (Å²) in [4.78, 5) is 6.58. The molecule has 2 aliphatic rings. The zero-order chi connectivity index (χ0) is 13.1. The number of rotatable bonds is 3. The third-order valence-corrected chi connectivity index (χ3v) is 4.30. The first-order chi connectivity index (χ1) is 8.67. The van der Waals surface area contributed by atoms with E-state index in [0.29, 0.717) is 6.42 Å². The van der Waals surface area contributed by atoms with E-state index in [1.54, 1.807) is 30.0 Å². The number of amidine groups is 1. The molecule has 0 aromatic rings. The number of aliphatic imine (C=N–C) groups is 1. The van der Waals surface area contributed by atoms with Crippen LogP contribution in [0.3, 0.4) is 0 Å². The number of fused-ring (bicyclic) bond motifs is 1. The number of thioether (sulfide) groups is 1. The first-order valence-electron chi connectivity index (χ1n) is 5.96. The van der Waals surface area contributed by atoms with Crippen LogP contribution in [-0.2, 0) is 0 Å². The van der Waals surface area contributed by atoms with Gasteiger partial charge in [0.25, 0.3) is 0 Å². The number of aliphatic hydroxyl groups excluding tert-OH is 2. The van der Waals surface area contributed by atoms with Gasteiger partial charge in [0.1, 0.15) is 6.10 Å². The molecule has 0 bridgehead atoms. The van der Waals surface area contributed by atoms with E-state index in [9.17, 15) is 10.2 Å². The van der Waals surface area contributed by atoms with Crippen LogP contribution < -0.4 is 0 Å². The van der Waals surface area contributed by atoms with E-state index in [2.05, 4.69) is 23.1 Å². The van der Waals surface area contributed by atoms with Gasteiger partial charge in [-0.15, -0.1) is 0 Å². The predicted molar refractivity (Wildman–Crippen MR) is 75.5 cm³/mol. The molecule has 3 atom stereocenters. The van der Waals surface area contributed by atoms with Crippen molar-refractivity contribution in [3.8, 4) is 0 Å². The van der Waals surface area contributed by atoms with Gasteiger partial charge in [-0.25, -0.2) is 4.99 Å². The lowest BCUT2D eigenvalue weighted by Gasteiger charge is -2.37. The highest BCUT2D eigenvalue weighted by atomic mass is 32.2. The SMILES string of the molecule is C=C/C=C(\C=C)N=C1SCC2C(O)C(O)CCN12. The van der Waals surface area contributed by atoms with Crippen LogP contribution in [-0.4, -0.2) is 50.8 Å². The molecule has 3 unspecified atom stereocenters. The van der Waals surface area contributed by atoms with E-state index < -0.39 is 12.2 Å². The van der Waals surface area contributed by atoms with Gasteiger partial charge >= 0.3 is 0 Å². The van der Waals surface area contributed by atoms with Crippen molar-refractivity contribution in [1.82, 2.24) is 4.90 Å². The second kappa shape index (κ2) is 5.73. The van der Waals surface area contributed by atoms with Gasteiger partial charge in [-0.3, -0.25) is 0 Å². The molecule has 0 aliphatic carbocycles. The fourth-order valence-corrected chi connectivity index (χ4v) is 3.46. The molecule has 0 amide bonds. The Morgan fingerprint density at radius 2 is 2.22 bits per heavy atom. The zero-order valence-electron chi connectivity index (χ0n) is 10.2. The van der Waals surface area contributed by atoms with Crippen LogP contribution in [0.1, 0.15) is 6.42 Å². The molecule has 98 valence electrons. The summed E-state index contributed by atoms with van der Waals surface area (Å²) in [6, 6.07) is -0.0349. The van der Waals surface area contributed by atoms with Gasteiger partial charge < -0.3 is 15.1 Å². The summed E-state index contributed by atoms with van der Waals surface area (Å²) in [5.74, 6) is 0.759. The van der Waals surface area contributed by atoms with Gasteiger partial charge in [0.05, 0.1) is 17.8 Å². The third kappa shape index (κ3) is 2.53. The quantitative estimate of drug-likeness (QED) is 0.752. The number of nitrogens with zero attached hydrogens (tertiary/aromatic N) is 2. The molecule has 0 saturated carbocycles. The minimum atomic E-state index is -0.686. The average molecular weight is 266 g/mol. The number of hydrogen-bond acceptors (Lipinski definition) is 4. The van der Waals surface area contributed by atoms with Crippen molar-refractivity contribution in [2.24, 2.45) is 4.99 Å². The van der Waals surface area contributed by atoms with E-state index >= 15 is 0 Å². The van der Waals surface area contributed by atoms with Gasteiger partial charge in [-0.1, -0.05) is 31.0 Å². The third-order valence-electron chi connectivity index (χ3n) is 3.21. The summed E-state index contributed by atoms with van der Waals surface area (Å²) in [6.07, 6.45) is 4.42. The highest BCUT2D eigenvalue weighted by Gasteiger charge is 2.41. The maximum Gasteiger partial charge on any atom is 0.164 e. The molecule has 4 nitrogen and oxygen atoms in total. The first kappa shape index (κ1) is 13.4. The van der Waals surface area contributed by atoms with Crippen LogP contribution in [0.5, 0.6) is 0 Å². The van der Waals surface area contributed by atoms with E-state index in [1.165, 1.54) is 0 Å².